The fourth-order valence-corrected chi connectivity index (χ4v) is 2.33. The van der Waals surface area contributed by atoms with Gasteiger partial charge in [-0.25, -0.2) is 4.79 Å². The van der Waals surface area contributed by atoms with Gasteiger partial charge in [-0.1, -0.05) is 18.2 Å². The van der Waals surface area contributed by atoms with Crippen molar-refractivity contribution in [2.24, 2.45) is 0 Å². The maximum Gasteiger partial charge on any atom is 0.336 e. The molecule has 0 unspecified atom stereocenters. The Labute approximate surface area is 131 Å². The monoisotopic (exact) mass is 298 g/mol. The predicted molar refractivity (Wildman–Crippen MR) is 91.3 cm³/mol. The van der Waals surface area contributed by atoms with E-state index in [9.17, 15) is 9.90 Å². The van der Waals surface area contributed by atoms with Crippen molar-refractivity contribution >= 4 is 17.3 Å². The predicted octanol–water partition coefficient (Wildman–Crippen LogP) is 3.11. The SMILES string of the molecule is CN(C)c1ccc(Cc2ccc(N(C)C)cc2C(=O)O)cc1. The summed E-state index contributed by atoms with van der Waals surface area (Å²) in [5.41, 5.74) is 4.32. The molecule has 0 aromatic heterocycles. The van der Waals surface area contributed by atoms with Crippen LogP contribution in [0.2, 0.25) is 0 Å². The van der Waals surface area contributed by atoms with Crippen LogP contribution in [0, 0.1) is 0 Å². The number of rotatable bonds is 5. The van der Waals surface area contributed by atoms with Crippen LogP contribution in [0.1, 0.15) is 21.5 Å². The van der Waals surface area contributed by atoms with E-state index in [1.165, 1.54) is 0 Å². The van der Waals surface area contributed by atoms with Crippen LogP contribution in [0.4, 0.5) is 11.4 Å². The van der Waals surface area contributed by atoms with Gasteiger partial charge in [0.15, 0.2) is 0 Å². The van der Waals surface area contributed by atoms with Gasteiger partial charge in [0.25, 0.3) is 0 Å². The molecule has 0 aliphatic heterocycles. The third-order valence-corrected chi connectivity index (χ3v) is 3.69. The van der Waals surface area contributed by atoms with Crippen LogP contribution in [-0.4, -0.2) is 39.3 Å². The minimum absolute atomic E-state index is 0.364. The fourth-order valence-electron chi connectivity index (χ4n) is 2.33. The van der Waals surface area contributed by atoms with Crippen LogP contribution in [0.5, 0.6) is 0 Å². The summed E-state index contributed by atoms with van der Waals surface area (Å²) in [6, 6.07) is 13.8. The number of carboxylic acids is 1. The summed E-state index contributed by atoms with van der Waals surface area (Å²) in [6.07, 6.45) is 0.614. The van der Waals surface area contributed by atoms with E-state index < -0.39 is 5.97 Å². The van der Waals surface area contributed by atoms with Gasteiger partial charge in [-0.05, 0) is 41.8 Å². The molecule has 4 nitrogen and oxygen atoms in total. The Morgan fingerprint density at radius 2 is 1.45 bits per heavy atom. The Morgan fingerprint density at radius 1 is 0.909 bits per heavy atom. The number of carbonyl (C=O) groups is 1. The molecular formula is C18H22N2O2. The van der Waals surface area contributed by atoms with Gasteiger partial charge in [0.1, 0.15) is 0 Å². The molecule has 0 spiro atoms. The molecule has 0 aliphatic carbocycles. The highest BCUT2D eigenvalue weighted by atomic mass is 16.4. The van der Waals surface area contributed by atoms with E-state index in [1.54, 1.807) is 6.07 Å². The van der Waals surface area contributed by atoms with E-state index in [4.69, 9.17) is 0 Å². The summed E-state index contributed by atoms with van der Waals surface area (Å²) in [4.78, 5) is 15.4. The van der Waals surface area contributed by atoms with Crippen molar-refractivity contribution in [3.05, 3.63) is 59.2 Å². The number of hydrogen-bond donors (Lipinski definition) is 1. The molecule has 0 amide bonds. The van der Waals surface area contributed by atoms with Gasteiger partial charge in [0.2, 0.25) is 0 Å². The number of aromatic carboxylic acids is 1. The molecule has 0 aliphatic rings. The number of nitrogens with zero attached hydrogens (tertiary/aromatic N) is 2. The second kappa shape index (κ2) is 6.52. The first-order valence-corrected chi connectivity index (χ1v) is 7.18. The lowest BCUT2D eigenvalue weighted by Gasteiger charge is -2.16. The molecular weight excluding hydrogens is 276 g/mol. The Kier molecular flexibility index (Phi) is 4.71. The van der Waals surface area contributed by atoms with E-state index in [1.807, 2.05) is 74.4 Å². The lowest BCUT2D eigenvalue weighted by atomic mass is 9.98. The third-order valence-electron chi connectivity index (χ3n) is 3.69. The van der Waals surface area contributed by atoms with E-state index in [0.29, 0.717) is 12.0 Å². The van der Waals surface area contributed by atoms with Gasteiger partial charge in [0, 0.05) is 39.6 Å². The smallest absolute Gasteiger partial charge is 0.336 e. The Balaban J connectivity index is 2.30. The quantitative estimate of drug-likeness (QED) is 0.921. The van der Waals surface area contributed by atoms with E-state index in [0.717, 1.165) is 22.5 Å². The summed E-state index contributed by atoms with van der Waals surface area (Å²) in [5, 5.41) is 9.44. The van der Waals surface area contributed by atoms with Gasteiger partial charge in [0.05, 0.1) is 5.56 Å². The van der Waals surface area contributed by atoms with Crippen LogP contribution in [-0.2, 0) is 6.42 Å². The van der Waals surface area contributed by atoms with Crippen molar-refractivity contribution in [1.29, 1.82) is 0 Å². The molecule has 0 bridgehead atoms. The molecule has 2 aromatic carbocycles. The largest absolute Gasteiger partial charge is 0.478 e. The molecule has 22 heavy (non-hydrogen) atoms. The van der Waals surface area contributed by atoms with E-state index >= 15 is 0 Å². The van der Waals surface area contributed by atoms with Crippen molar-refractivity contribution in [2.45, 2.75) is 6.42 Å². The topological polar surface area (TPSA) is 43.8 Å². The van der Waals surface area contributed by atoms with Crippen molar-refractivity contribution in [1.82, 2.24) is 0 Å². The Hall–Kier alpha value is -2.49. The highest BCUT2D eigenvalue weighted by molar-refractivity contribution is 5.90. The van der Waals surface area contributed by atoms with Crippen molar-refractivity contribution in [3.8, 4) is 0 Å². The van der Waals surface area contributed by atoms with E-state index in [2.05, 4.69) is 0 Å². The number of hydrogen-bond acceptors (Lipinski definition) is 3. The molecule has 4 heteroatoms. The van der Waals surface area contributed by atoms with Crippen molar-refractivity contribution < 1.29 is 9.90 Å². The normalized spacial score (nSPS) is 10.4. The zero-order valence-electron chi connectivity index (χ0n) is 13.5. The first-order chi connectivity index (χ1) is 10.4. The molecule has 0 heterocycles. The number of benzene rings is 2. The van der Waals surface area contributed by atoms with E-state index in [-0.39, 0.29) is 0 Å². The second-order valence-corrected chi connectivity index (χ2v) is 5.78. The molecule has 1 N–H and O–H groups in total. The molecule has 0 radical (unpaired) electrons. The second-order valence-electron chi connectivity index (χ2n) is 5.78. The molecule has 2 rings (SSSR count). The summed E-state index contributed by atoms with van der Waals surface area (Å²) >= 11 is 0. The lowest BCUT2D eigenvalue weighted by molar-refractivity contribution is 0.0696. The molecule has 0 saturated carbocycles. The van der Waals surface area contributed by atoms with Crippen LogP contribution >= 0.6 is 0 Å². The number of anilines is 2. The fraction of sp³-hybridized carbons (Fsp3) is 0.278. The number of carboxylic acid groups (broad SMARTS) is 1. The summed E-state index contributed by atoms with van der Waals surface area (Å²) in [7, 11) is 7.80. The third kappa shape index (κ3) is 3.58. The minimum atomic E-state index is -0.886. The van der Waals surface area contributed by atoms with Gasteiger partial charge in [-0.3, -0.25) is 0 Å². The summed E-state index contributed by atoms with van der Waals surface area (Å²) < 4.78 is 0. The maximum atomic E-state index is 11.5. The summed E-state index contributed by atoms with van der Waals surface area (Å²) in [5.74, 6) is -0.886. The standard InChI is InChI=1S/C18H22N2O2/c1-19(2)15-8-5-13(6-9-15)11-14-7-10-16(20(3)4)12-17(14)18(21)22/h5-10,12H,11H2,1-4H3,(H,21,22). The molecule has 0 saturated heterocycles. The van der Waals surface area contributed by atoms with Gasteiger partial charge < -0.3 is 14.9 Å². The Morgan fingerprint density at radius 3 is 1.95 bits per heavy atom. The first-order valence-electron chi connectivity index (χ1n) is 7.18. The van der Waals surface area contributed by atoms with Crippen LogP contribution in [0.15, 0.2) is 42.5 Å². The zero-order chi connectivity index (χ0) is 16.3. The average molecular weight is 298 g/mol. The molecule has 0 fully saturated rings. The van der Waals surface area contributed by atoms with Crippen LogP contribution in [0.3, 0.4) is 0 Å². The van der Waals surface area contributed by atoms with Crippen molar-refractivity contribution in [2.75, 3.05) is 38.0 Å². The first kappa shape index (κ1) is 15.9. The molecule has 116 valence electrons. The molecule has 0 atom stereocenters. The highest BCUT2D eigenvalue weighted by Crippen LogP contribution is 2.22. The molecule has 2 aromatic rings. The van der Waals surface area contributed by atoms with Gasteiger partial charge >= 0.3 is 5.97 Å². The average Bonchev–Trinajstić information content (AvgIpc) is 2.47. The van der Waals surface area contributed by atoms with Gasteiger partial charge in [-0.2, -0.15) is 0 Å². The van der Waals surface area contributed by atoms with Gasteiger partial charge in [-0.15, -0.1) is 0 Å². The minimum Gasteiger partial charge on any atom is -0.478 e. The lowest BCUT2D eigenvalue weighted by Crippen LogP contribution is -2.11. The summed E-state index contributed by atoms with van der Waals surface area (Å²) in [6.45, 7) is 0. The van der Waals surface area contributed by atoms with Crippen LogP contribution < -0.4 is 9.80 Å². The zero-order valence-corrected chi connectivity index (χ0v) is 13.5. The Bertz CT molecular complexity index is 661. The highest BCUT2D eigenvalue weighted by Gasteiger charge is 2.12. The van der Waals surface area contributed by atoms with Crippen LogP contribution in [0.25, 0.3) is 0 Å². The van der Waals surface area contributed by atoms with Crippen molar-refractivity contribution in [3.63, 3.8) is 0 Å². The maximum absolute atomic E-state index is 11.5.